The first-order valence-electron chi connectivity index (χ1n) is 12.6. The van der Waals surface area contributed by atoms with Crippen molar-refractivity contribution in [3.63, 3.8) is 0 Å². The molecule has 180 valence electrons. The van der Waals surface area contributed by atoms with Crippen LogP contribution in [0.15, 0.2) is 28.8 Å². The molecule has 0 atom stereocenters. The van der Waals surface area contributed by atoms with Gasteiger partial charge >= 0.3 is 0 Å². The summed E-state index contributed by atoms with van der Waals surface area (Å²) in [6.45, 7) is 2.51. The number of aromatic nitrogens is 2. The second-order valence-electron chi connectivity index (χ2n) is 10.9. The van der Waals surface area contributed by atoms with Crippen molar-refractivity contribution in [3.8, 4) is 11.4 Å². The highest BCUT2D eigenvalue weighted by atomic mass is 35.5. The van der Waals surface area contributed by atoms with Gasteiger partial charge in [-0.2, -0.15) is 4.98 Å². The van der Waals surface area contributed by atoms with Gasteiger partial charge in [0.05, 0.1) is 5.41 Å². The normalized spacial score (nSPS) is 30.1. The number of carbonyl (C=O) groups is 2. The Kier molecular flexibility index (Phi) is 5.63. The SMILES string of the molecule is O=C(CCc1nc(-c2ccc(Cl)cc2)no1)N1CCN(C(=O)C23CC4CC(CC(C4)C2)C3)CC1. The predicted molar refractivity (Wildman–Crippen MR) is 127 cm³/mol. The van der Waals surface area contributed by atoms with Crippen LogP contribution in [0.1, 0.15) is 50.8 Å². The number of nitrogens with zero attached hydrogens (tertiary/aromatic N) is 4. The first-order chi connectivity index (χ1) is 16.5. The van der Waals surface area contributed by atoms with Crippen molar-refractivity contribution in [2.75, 3.05) is 26.2 Å². The van der Waals surface area contributed by atoms with Crippen LogP contribution < -0.4 is 0 Å². The fourth-order valence-electron chi connectivity index (χ4n) is 7.31. The van der Waals surface area contributed by atoms with Crippen LogP contribution in [0, 0.1) is 23.2 Å². The van der Waals surface area contributed by atoms with Gasteiger partial charge in [0.1, 0.15) is 0 Å². The third-order valence-corrected chi connectivity index (χ3v) is 8.79. The molecule has 1 aliphatic heterocycles. The molecule has 7 rings (SSSR count). The lowest BCUT2D eigenvalue weighted by Crippen LogP contribution is -2.58. The molecule has 4 bridgehead atoms. The molecule has 8 heteroatoms. The van der Waals surface area contributed by atoms with Gasteiger partial charge < -0.3 is 14.3 Å². The molecule has 1 aromatic carbocycles. The molecule has 34 heavy (non-hydrogen) atoms. The highest BCUT2D eigenvalue weighted by Gasteiger charge is 2.55. The summed E-state index contributed by atoms with van der Waals surface area (Å²) in [6.07, 6.45) is 8.05. The van der Waals surface area contributed by atoms with E-state index in [0.717, 1.165) is 42.6 Å². The molecule has 2 aromatic rings. The minimum absolute atomic E-state index is 0.0770. The van der Waals surface area contributed by atoms with Crippen LogP contribution in [0.3, 0.4) is 0 Å². The fraction of sp³-hybridized carbons (Fsp3) is 0.615. The maximum atomic E-state index is 13.6. The monoisotopic (exact) mass is 482 g/mol. The van der Waals surface area contributed by atoms with E-state index < -0.39 is 0 Å². The van der Waals surface area contributed by atoms with Gasteiger partial charge in [-0.15, -0.1) is 0 Å². The smallest absolute Gasteiger partial charge is 0.228 e. The van der Waals surface area contributed by atoms with E-state index in [9.17, 15) is 9.59 Å². The summed E-state index contributed by atoms with van der Waals surface area (Å²) in [5.74, 6) is 3.70. The standard InChI is InChI=1S/C26H31ClN4O3/c27-21-3-1-20(2-4-21)24-28-22(34-29-24)5-6-23(32)30-7-9-31(10-8-30)25(33)26-14-17-11-18(15-26)13-19(12-17)16-26/h1-4,17-19H,5-16H2. The van der Waals surface area contributed by atoms with Crippen LogP contribution in [0.4, 0.5) is 0 Å². The fourth-order valence-corrected chi connectivity index (χ4v) is 7.44. The van der Waals surface area contributed by atoms with Crippen molar-refractivity contribution in [1.82, 2.24) is 19.9 Å². The molecule has 4 aliphatic carbocycles. The van der Waals surface area contributed by atoms with Gasteiger partial charge in [0.15, 0.2) is 0 Å². The largest absolute Gasteiger partial charge is 0.339 e. The molecule has 5 aliphatic rings. The minimum Gasteiger partial charge on any atom is -0.339 e. The molecule has 0 spiro atoms. The second kappa shape index (κ2) is 8.67. The third kappa shape index (κ3) is 4.12. The van der Waals surface area contributed by atoms with Gasteiger partial charge in [0.25, 0.3) is 0 Å². The van der Waals surface area contributed by atoms with Gasteiger partial charge in [-0.3, -0.25) is 9.59 Å². The van der Waals surface area contributed by atoms with Crippen LogP contribution in [0.25, 0.3) is 11.4 Å². The highest BCUT2D eigenvalue weighted by molar-refractivity contribution is 6.30. The van der Waals surface area contributed by atoms with Crippen molar-refractivity contribution in [3.05, 3.63) is 35.2 Å². The molecule has 7 nitrogen and oxygen atoms in total. The van der Waals surface area contributed by atoms with Crippen molar-refractivity contribution < 1.29 is 14.1 Å². The van der Waals surface area contributed by atoms with Crippen LogP contribution in [0.2, 0.25) is 5.02 Å². The number of aryl methyl sites for hydroxylation is 1. The summed E-state index contributed by atoms with van der Waals surface area (Å²) in [6, 6.07) is 7.24. The van der Waals surface area contributed by atoms with Crippen molar-refractivity contribution in [1.29, 1.82) is 0 Å². The zero-order valence-electron chi connectivity index (χ0n) is 19.4. The Morgan fingerprint density at radius 1 is 0.941 bits per heavy atom. The Balaban J connectivity index is 1.00. The molecule has 4 saturated carbocycles. The summed E-state index contributed by atoms with van der Waals surface area (Å²) in [5, 5.41) is 4.67. The molecule has 2 amide bonds. The van der Waals surface area contributed by atoms with Crippen LogP contribution in [-0.4, -0.2) is 57.9 Å². The lowest BCUT2D eigenvalue weighted by molar-refractivity contribution is -0.160. The van der Waals surface area contributed by atoms with Gasteiger partial charge in [-0.1, -0.05) is 16.8 Å². The van der Waals surface area contributed by atoms with Gasteiger partial charge in [0.2, 0.25) is 23.5 Å². The third-order valence-electron chi connectivity index (χ3n) is 8.53. The molecule has 5 fully saturated rings. The molecule has 1 aromatic heterocycles. The molecule has 0 radical (unpaired) electrons. The van der Waals surface area contributed by atoms with Gasteiger partial charge in [-0.25, -0.2) is 0 Å². The van der Waals surface area contributed by atoms with Crippen molar-refractivity contribution in [2.24, 2.45) is 23.2 Å². The molecule has 0 N–H and O–H groups in total. The molecule has 2 heterocycles. The van der Waals surface area contributed by atoms with E-state index in [0.29, 0.717) is 61.7 Å². The quantitative estimate of drug-likeness (QED) is 0.637. The number of carbonyl (C=O) groups excluding carboxylic acids is 2. The van der Waals surface area contributed by atoms with E-state index in [2.05, 4.69) is 10.1 Å². The summed E-state index contributed by atoms with van der Waals surface area (Å²) >= 11 is 5.93. The van der Waals surface area contributed by atoms with Crippen LogP contribution in [0.5, 0.6) is 0 Å². The van der Waals surface area contributed by atoms with E-state index in [-0.39, 0.29) is 11.3 Å². The van der Waals surface area contributed by atoms with Crippen molar-refractivity contribution >= 4 is 23.4 Å². The maximum absolute atomic E-state index is 13.6. The zero-order valence-corrected chi connectivity index (χ0v) is 20.2. The molecule has 1 saturated heterocycles. The van der Waals surface area contributed by atoms with E-state index >= 15 is 0 Å². The number of rotatable bonds is 5. The summed E-state index contributed by atoms with van der Waals surface area (Å²) in [7, 11) is 0. The number of hydrogen-bond donors (Lipinski definition) is 0. The summed E-state index contributed by atoms with van der Waals surface area (Å²) in [4.78, 5) is 34.7. The maximum Gasteiger partial charge on any atom is 0.228 e. The minimum atomic E-state index is -0.0965. The van der Waals surface area contributed by atoms with Crippen LogP contribution in [-0.2, 0) is 16.0 Å². The number of benzene rings is 1. The Morgan fingerprint density at radius 2 is 1.53 bits per heavy atom. The predicted octanol–water partition coefficient (Wildman–Crippen LogP) is 4.21. The Bertz CT molecular complexity index is 1040. The lowest BCUT2D eigenvalue weighted by atomic mass is 9.49. The summed E-state index contributed by atoms with van der Waals surface area (Å²) < 4.78 is 5.33. The molecule has 0 unspecified atom stereocenters. The Labute approximate surface area is 204 Å². The molecular weight excluding hydrogens is 452 g/mol. The van der Waals surface area contributed by atoms with Gasteiger partial charge in [0, 0.05) is 49.6 Å². The zero-order chi connectivity index (χ0) is 23.3. The number of amides is 2. The van der Waals surface area contributed by atoms with E-state index in [1.54, 1.807) is 12.1 Å². The van der Waals surface area contributed by atoms with Crippen LogP contribution >= 0.6 is 11.6 Å². The number of hydrogen-bond acceptors (Lipinski definition) is 5. The number of halogens is 1. The van der Waals surface area contributed by atoms with Crippen molar-refractivity contribution in [2.45, 2.75) is 51.4 Å². The Hall–Kier alpha value is -2.41. The van der Waals surface area contributed by atoms with Gasteiger partial charge in [-0.05, 0) is 80.5 Å². The number of piperazine rings is 1. The average molecular weight is 483 g/mol. The first-order valence-corrected chi connectivity index (χ1v) is 13.0. The highest BCUT2D eigenvalue weighted by Crippen LogP contribution is 2.60. The summed E-state index contributed by atoms with van der Waals surface area (Å²) in [5.41, 5.74) is 0.728. The van der Waals surface area contributed by atoms with E-state index in [1.807, 2.05) is 21.9 Å². The second-order valence-corrected chi connectivity index (χ2v) is 11.3. The lowest BCUT2D eigenvalue weighted by Gasteiger charge is -2.57. The first kappa shape index (κ1) is 22.1. The van der Waals surface area contributed by atoms with E-state index in [4.69, 9.17) is 16.1 Å². The Morgan fingerprint density at radius 3 is 2.15 bits per heavy atom. The topological polar surface area (TPSA) is 79.5 Å². The molecular formula is C26H31ClN4O3. The van der Waals surface area contributed by atoms with E-state index in [1.165, 1.54) is 19.3 Å². The average Bonchev–Trinajstić information content (AvgIpc) is 3.31.